The van der Waals surface area contributed by atoms with Crippen LogP contribution in [0.25, 0.3) is 21.8 Å². The zero-order valence-corrected chi connectivity index (χ0v) is 10.1. The van der Waals surface area contributed by atoms with E-state index in [1.165, 1.54) is 0 Å². The number of benzene rings is 2. The first kappa shape index (κ1) is 10.7. The van der Waals surface area contributed by atoms with Gasteiger partial charge in [-0.25, -0.2) is 0 Å². The third-order valence-electron chi connectivity index (χ3n) is 3.31. The standard InChI is InChI=1S/C15H13N3/c1-10(9-16)18-14-5-3-2-4-12(14)13-8-11(17)6-7-15(13)18/h2-8,10H,17H2,1H3. The second-order valence-electron chi connectivity index (χ2n) is 4.47. The Morgan fingerprint density at radius 3 is 2.61 bits per heavy atom. The molecule has 0 bridgehead atoms. The summed E-state index contributed by atoms with van der Waals surface area (Å²) in [6.45, 7) is 1.90. The van der Waals surface area contributed by atoms with E-state index >= 15 is 0 Å². The summed E-state index contributed by atoms with van der Waals surface area (Å²) in [5, 5.41) is 11.4. The Morgan fingerprint density at radius 2 is 1.83 bits per heavy atom. The highest BCUT2D eigenvalue weighted by molar-refractivity contribution is 6.09. The SMILES string of the molecule is CC(C#N)n1c2ccccc2c2cc(N)ccc21. The maximum atomic E-state index is 9.18. The van der Waals surface area contributed by atoms with E-state index in [9.17, 15) is 5.26 Å². The molecule has 3 nitrogen and oxygen atoms in total. The van der Waals surface area contributed by atoms with Gasteiger partial charge >= 0.3 is 0 Å². The van der Waals surface area contributed by atoms with Gasteiger partial charge in [0.05, 0.1) is 17.1 Å². The summed E-state index contributed by atoms with van der Waals surface area (Å²) in [6, 6.07) is 16.0. The molecule has 0 spiro atoms. The number of nitrogens with zero attached hydrogens (tertiary/aromatic N) is 2. The van der Waals surface area contributed by atoms with E-state index in [1.54, 1.807) is 0 Å². The van der Waals surface area contributed by atoms with E-state index in [0.29, 0.717) is 0 Å². The van der Waals surface area contributed by atoms with Crippen LogP contribution in [-0.2, 0) is 0 Å². The van der Waals surface area contributed by atoms with Crippen molar-refractivity contribution in [1.29, 1.82) is 5.26 Å². The van der Waals surface area contributed by atoms with Gasteiger partial charge in [-0.1, -0.05) is 18.2 Å². The number of nitrogens with two attached hydrogens (primary N) is 1. The molecule has 88 valence electrons. The number of anilines is 1. The molecule has 1 unspecified atom stereocenters. The van der Waals surface area contributed by atoms with Crippen molar-refractivity contribution in [2.45, 2.75) is 13.0 Å². The Morgan fingerprint density at radius 1 is 1.11 bits per heavy atom. The third-order valence-corrected chi connectivity index (χ3v) is 3.31. The molecular formula is C15H13N3. The Labute approximate surface area is 105 Å². The van der Waals surface area contributed by atoms with Crippen molar-refractivity contribution in [2.75, 3.05) is 5.73 Å². The summed E-state index contributed by atoms with van der Waals surface area (Å²) in [6.07, 6.45) is 0. The number of fused-ring (bicyclic) bond motifs is 3. The largest absolute Gasteiger partial charge is 0.399 e. The van der Waals surface area contributed by atoms with Gasteiger partial charge in [-0.2, -0.15) is 5.26 Å². The van der Waals surface area contributed by atoms with Crippen molar-refractivity contribution in [1.82, 2.24) is 4.57 Å². The summed E-state index contributed by atoms with van der Waals surface area (Å²) in [7, 11) is 0. The van der Waals surface area contributed by atoms with Gasteiger partial charge in [-0.05, 0) is 31.2 Å². The Balaban J connectivity index is 2.55. The summed E-state index contributed by atoms with van der Waals surface area (Å²) in [4.78, 5) is 0. The van der Waals surface area contributed by atoms with Gasteiger partial charge in [0, 0.05) is 16.5 Å². The van der Waals surface area contributed by atoms with E-state index in [4.69, 9.17) is 5.73 Å². The van der Waals surface area contributed by atoms with Crippen LogP contribution in [0.4, 0.5) is 5.69 Å². The van der Waals surface area contributed by atoms with E-state index in [2.05, 4.69) is 16.7 Å². The highest BCUT2D eigenvalue weighted by Gasteiger charge is 2.14. The van der Waals surface area contributed by atoms with Gasteiger partial charge < -0.3 is 10.3 Å². The van der Waals surface area contributed by atoms with Gasteiger partial charge in [-0.15, -0.1) is 0 Å². The third kappa shape index (κ3) is 1.36. The number of nitrogen functional groups attached to an aromatic ring is 1. The maximum absolute atomic E-state index is 9.18. The highest BCUT2D eigenvalue weighted by Crippen LogP contribution is 2.32. The molecule has 0 aliphatic heterocycles. The van der Waals surface area contributed by atoms with Crippen LogP contribution in [0.1, 0.15) is 13.0 Å². The molecule has 0 saturated heterocycles. The molecule has 0 aliphatic rings. The molecule has 0 amide bonds. The van der Waals surface area contributed by atoms with Crippen LogP contribution in [0, 0.1) is 11.3 Å². The Kier molecular flexibility index (Phi) is 2.24. The summed E-state index contributed by atoms with van der Waals surface area (Å²) >= 11 is 0. The number of para-hydroxylation sites is 1. The molecular weight excluding hydrogens is 222 g/mol. The molecule has 3 heteroatoms. The fourth-order valence-electron chi connectivity index (χ4n) is 2.50. The molecule has 0 saturated carbocycles. The van der Waals surface area contributed by atoms with Crippen LogP contribution in [0.2, 0.25) is 0 Å². The van der Waals surface area contributed by atoms with Crippen LogP contribution < -0.4 is 5.73 Å². The minimum Gasteiger partial charge on any atom is -0.399 e. The van der Waals surface area contributed by atoms with Crippen LogP contribution >= 0.6 is 0 Å². The first-order valence-electron chi connectivity index (χ1n) is 5.90. The molecule has 18 heavy (non-hydrogen) atoms. The smallest absolute Gasteiger partial charge is 0.118 e. The van der Waals surface area contributed by atoms with E-state index in [1.807, 2.05) is 43.3 Å². The molecule has 1 aromatic heterocycles. The molecule has 0 radical (unpaired) electrons. The lowest BCUT2D eigenvalue weighted by Crippen LogP contribution is -2.01. The quantitative estimate of drug-likeness (QED) is 0.657. The first-order chi connectivity index (χ1) is 8.72. The zero-order chi connectivity index (χ0) is 12.7. The van der Waals surface area contributed by atoms with Gasteiger partial charge in [0.2, 0.25) is 0 Å². The lowest BCUT2D eigenvalue weighted by atomic mass is 10.1. The first-order valence-corrected chi connectivity index (χ1v) is 5.90. The minimum atomic E-state index is -0.198. The monoisotopic (exact) mass is 235 g/mol. The second kappa shape index (κ2) is 3.78. The molecule has 3 aromatic rings. The molecule has 2 N–H and O–H groups in total. The van der Waals surface area contributed by atoms with Gasteiger partial charge in [0.15, 0.2) is 0 Å². The summed E-state index contributed by atoms with van der Waals surface area (Å²) in [5.74, 6) is 0. The predicted molar refractivity (Wildman–Crippen MR) is 74.2 cm³/mol. The van der Waals surface area contributed by atoms with Gasteiger partial charge in [0.1, 0.15) is 6.04 Å². The van der Waals surface area contributed by atoms with Crippen LogP contribution in [-0.4, -0.2) is 4.57 Å². The summed E-state index contributed by atoms with van der Waals surface area (Å²) in [5.41, 5.74) is 8.73. The average molecular weight is 235 g/mol. The van der Waals surface area contributed by atoms with Crippen LogP contribution in [0.5, 0.6) is 0 Å². The number of aromatic nitrogens is 1. The topological polar surface area (TPSA) is 54.7 Å². The van der Waals surface area contributed by atoms with E-state index < -0.39 is 0 Å². The molecule has 3 rings (SSSR count). The van der Waals surface area contributed by atoms with Crippen molar-refractivity contribution < 1.29 is 0 Å². The molecule has 1 heterocycles. The fourth-order valence-corrected chi connectivity index (χ4v) is 2.50. The van der Waals surface area contributed by atoms with Crippen molar-refractivity contribution in [2.24, 2.45) is 0 Å². The highest BCUT2D eigenvalue weighted by atomic mass is 15.0. The second-order valence-corrected chi connectivity index (χ2v) is 4.47. The lowest BCUT2D eigenvalue weighted by Gasteiger charge is -2.08. The normalized spacial score (nSPS) is 12.7. The van der Waals surface area contributed by atoms with Crippen LogP contribution in [0.15, 0.2) is 42.5 Å². The fraction of sp³-hybridized carbons (Fsp3) is 0.133. The number of hydrogen-bond acceptors (Lipinski definition) is 2. The Hall–Kier alpha value is -2.47. The van der Waals surface area contributed by atoms with Gasteiger partial charge in [0.25, 0.3) is 0 Å². The number of nitriles is 1. The molecule has 0 fully saturated rings. The van der Waals surface area contributed by atoms with Crippen molar-refractivity contribution in [3.8, 4) is 6.07 Å². The average Bonchev–Trinajstić information content (AvgIpc) is 2.72. The molecule has 2 aromatic carbocycles. The summed E-state index contributed by atoms with van der Waals surface area (Å²) < 4.78 is 2.06. The molecule has 0 aliphatic carbocycles. The number of hydrogen-bond donors (Lipinski definition) is 1. The van der Waals surface area contributed by atoms with E-state index in [-0.39, 0.29) is 6.04 Å². The van der Waals surface area contributed by atoms with Crippen LogP contribution in [0.3, 0.4) is 0 Å². The predicted octanol–water partition coefficient (Wildman–Crippen LogP) is 3.46. The zero-order valence-electron chi connectivity index (χ0n) is 10.1. The minimum absolute atomic E-state index is 0.198. The maximum Gasteiger partial charge on any atom is 0.118 e. The Bertz CT molecular complexity index is 777. The van der Waals surface area contributed by atoms with Crippen molar-refractivity contribution in [3.63, 3.8) is 0 Å². The van der Waals surface area contributed by atoms with E-state index in [0.717, 1.165) is 27.5 Å². The van der Waals surface area contributed by atoms with Gasteiger partial charge in [-0.3, -0.25) is 0 Å². The number of rotatable bonds is 1. The van der Waals surface area contributed by atoms with Crippen molar-refractivity contribution in [3.05, 3.63) is 42.5 Å². The molecule has 1 atom stereocenters. The lowest BCUT2D eigenvalue weighted by molar-refractivity contribution is 0.724. The van der Waals surface area contributed by atoms with Crippen molar-refractivity contribution >= 4 is 27.5 Å².